The van der Waals surface area contributed by atoms with Crippen LogP contribution in [0.2, 0.25) is 0 Å². The first-order valence-electron chi connectivity index (χ1n) is 7.87. The molecule has 0 heterocycles. The maximum Gasteiger partial charge on any atom is 0.0540 e. The molecule has 0 bridgehead atoms. The summed E-state index contributed by atoms with van der Waals surface area (Å²) in [6.45, 7) is 2.11. The summed E-state index contributed by atoms with van der Waals surface area (Å²) >= 11 is 0. The summed E-state index contributed by atoms with van der Waals surface area (Å²) in [5.41, 5.74) is 3.54. The summed E-state index contributed by atoms with van der Waals surface area (Å²) < 4.78 is 0. The Morgan fingerprint density at radius 3 is 2.24 bits per heavy atom. The van der Waals surface area contributed by atoms with Crippen molar-refractivity contribution in [2.24, 2.45) is 0 Å². The summed E-state index contributed by atoms with van der Waals surface area (Å²) in [6, 6.07) is 18.7. The molecular weight excluding hydrogens is 258 g/mol. The molecule has 0 radical (unpaired) electrons. The van der Waals surface area contributed by atoms with Crippen LogP contribution < -0.4 is 5.32 Å². The zero-order valence-corrected chi connectivity index (χ0v) is 12.8. The normalized spacial score (nSPS) is 12.1. The average Bonchev–Trinajstić information content (AvgIpc) is 2.50. The van der Waals surface area contributed by atoms with Gasteiger partial charge in [-0.2, -0.15) is 0 Å². The lowest BCUT2D eigenvalue weighted by atomic mass is 10.0. The fourth-order valence-corrected chi connectivity index (χ4v) is 2.46. The number of nitrogens with one attached hydrogen (secondary N) is 1. The van der Waals surface area contributed by atoms with Crippen LogP contribution in [0.4, 0.5) is 11.4 Å². The first-order chi connectivity index (χ1) is 10.3. The summed E-state index contributed by atoms with van der Waals surface area (Å²) in [5, 5.41) is 13.1. The minimum Gasteiger partial charge on any atom is -0.393 e. The van der Waals surface area contributed by atoms with Gasteiger partial charge in [0.25, 0.3) is 0 Å². The van der Waals surface area contributed by atoms with Gasteiger partial charge in [-0.05, 0) is 55.5 Å². The second kappa shape index (κ2) is 8.48. The van der Waals surface area contributed by atoms with Crippen LogP contribution >= 0.6 is 0 Å². The van der Waals surface area contributed by atoms with Gasteiger partial charge in [0.1, 0.15) is 0 Å². The van der Waals surface area contributed by atoms with Gasteiger partial charge in [0.05, 0.1) is 6.10 Å². The zero-order chi connectivity index (χ0) is 14.9. The number of benzene rings is 2. The molecule has 0 aliphatic heterocycles. The largest absolute Gasteiger partial charge is 0.393 e. The molecular formula is C19H25NO. The topological polar surface area (TPSA) is 32.3 Å². The highest BCUT2D eigenvalue weighted by Crippen LogP contribution is 2.17. The summed E-state index contributed by atoms with van der Waals surface area (Å²) in [4.78, 5) is 0. The van der Waals surface area contributed by atoms with Gasteiger partial charge in [0.15, 0.2) is 0 Å². The average molecular weight is 283 g/mol. The molecule has 2 nitrogen and oxygen atoms in total. The molecule has 2 rings (SSSR count). The van der Waals surface area contributed by atoms with Crippen LogP contribution in [0.3, 0.4) is 0 Å². The number of hydrogen-bond acceptors (Lipinski definition) is 2. The third-order valence-electron chi connectivity index (χ3n) is 3.64. The number of anilines is 2. The molecule has 0 fully saturated rings. The number of aliphatic hydroxyl groups excluding tert-OH is 1. The third kappa shape index (κ3) is 5.60. The van der Waals surface area contributed by atoms with Crippen LogP contribution in [0.15, 0.2) is 54.6 Å². The van der Waals surface area contributed by atoms with Gasteiger partial charge in [-0.15, -0.1) is 0 Å². The van der Waals surface area contributed by atoms with Crippen LogP contribution in [0.25, 0.3) is 0 Å². The SMILES string of the molecule is CCCC(O)CCCc1ccc(Nc2ccccc2)cc1. The number of rotatable bonds is 8. The fourth-order valence-electron chi connectivity index (χ4n) is 2.46. The lowest BCUT2D eigenvalue weighted by molar-refractivity contribution is 0.151. The number of aliphatic hydroxyl groups is 1. The van der Waals surface area contributed by atoms with Gasteiger partial charge in [-0.3, -0.25) is 0 Å². The van der Waals surface area contributed by atoms with E-state index >= 15 is 0 Å². The Bertz CT molecular complexity index is 507. The van der Waals surface area contributed by atoms with Gasteiger partial charge >= 0.3 is 0 Å². The Kier molecular flexibility index (Phi) is 6.29. The number of aryl methyl sites for hydroxylation is 1. The maximum atomic E-state index is 9.73. The van der Waals surface area contributed by atoms with Gasteiger partial charge in [-0.25, -0.2) is 0 Å². The molecule has 21 heavy (non-hydrogen) atoms. The van der Waals surface area contributed by atoms with E-state index < -0.39 is 0 Å². The van der Waals surface area contributed by atoms with Gasteiger partial charge in [-0.1, -0.05) is 43.7 Å². The predicted molar refractivity (Wildman–Crippen MR) is 90.0 cm³/mol. The molecule has 0 spiro atoms. The van der Waals surface area contributed by atoms with Crippen molar-refractivity contribution in [1.82, 2.24) is 0 Å². The molecule has 1 atom stereocenters. The number of para-hydroxylation sites is 1. The molecule has 0 aromatic heterocycles. The smallest absolute Gasteiger partial charge is 0.0540 e. The molecule has 0 saturated heterocycles. The highest BCUT2D eigenvalue weighted by molar-refractivity contribution is 5.59. The Morgan fingerprint density at radius 1 is 0.905 bits per heavy atom. The Labute approximate surface area is 127 Å². The van der Waals surface area contributed by atoms with Crippen molar-refractivity contribution in [2.45, 2.75) is 45.1 Å². The van der Waals surface area contributed by atoms with E-state index in [1.165, 1.54) is 5.56 Å². The second-order valence-corrected chi connectivity index (χ2v) is 5.52. The molecule has 0 aliphatic carbocycles. The molecule has 2 aromatic rings. The van der Waals surface area contributed by atoms with E-state index in [-0.39, 0.29) is 6.10 Å². The molecule has 2 heteroatoms. The molecule has 112 valence electrons. The predicted octanol–water partition coefficient (Wildman–Crippen LogP) is 4.91. The van der Waals surface area contributed by atoms with Crippen LogP contribution in [-0.4, -0.2) is 11.2 Å². The minimum absolute atomic E-state index is 0.131. The van der Waals surface area contributed by atoms with Crippen molar-refractivity contribution in [2.75, 3.05) is 5.32 Å². The van der Waals surface area contributed by atoms with E-state index in [0.29, 0.717) is 0 Å². The summed E-state index contributed by atoms with van der Waals surface area (Å²) in [6.07, 6.45) is 4.83. The fraction of sp³-hybridized carbons (Fsp3) is 0.368. The van der Waals surface area contributed by atoms with E-state index in [1.54, 1.807) is 0 Å². The minimum atomic E-state index is -0.131. The van der Waals surface area contributed by atoms with E-state index in [0.717, 1.165) is 43.5 Å². The highest BCUT2D eigenvalue weighted by Gasteiger charge is 2.02. The first-order valence-corrected chi connectivity index (χ1v) is 7.87. The van der Waals surface area contributed by atoms with E-state index in [2.05, 4.69) is 48.6 Å². The van der Waals surface area contributed by atoms with E-state index in [4.69, 9.17) is 0 Å². The molecule has 0 saturated carbocycles. The van der Waals surface area contributed by atoms with E-state index in [9.17, 15) is 5.11 Å². The standard InChI is InChI=1S/C19H25NO/c1-2-7-19(21)11-6-8-16-12-14-18(15-13-16)20-17-9-4-3-5-10-17/h3-5,9-10,12-15,19-21H,2,6-8,11H2,1H3. The van der Waals surface area contributed by atoms with Gasteiger partial charge < -0.3 is 10.4 Å². The Morgan fingerprint density at radius 2 is 1.57 bits per heavy atom. The highest BCUT2D eigenvalue weighted by atomic mass is 16.3. The van der Waals surface area contributed by atoms with Crippen molar-refractivity contribution < 1.29 is 5.11 Å². The maximum absolute atomic E-state index is 9.73. The van der Waals surface area contributed by atoms with Crippen molar-refractivity contribution in [3.05, 3.63) is 60.2 Å². The van der Waals surface area contributed by atoms with Crippen molar-refractivity contribution in [3.63, 3.8) is 0 Å². The molecule has 2 aromatic carbocycles. The van der Waals surface area contributed by atoms with Crippen molar-refractivity contribution >= 4 is 11.4 Å². The third-order valence-corrected chi connectivity index (χ3v) is 3.64. The molecule has 0 aliphatic rings. The molecule has 2 N–H and O–H groups in total. The lowest BCUT2D eigenvalue weighted by Gasteiger charge is -2.10. The van der Waals surface area contributed by atoms with Crippen LogP contribution in [0.1, 0.15) is 38.2 Å². The number of hydrogen-bond donors (Lipinski definition) is 2. The van der Waals surface area contributed by atoms with Crippen LogP contribution in [0, 0.1) is 0 Å². The van der Waals surface area contributed by atoms with Crippen LogP contribution in [-0.2, 0) is 6.42 Å². The van der Waals surface area contributed by atoms with Crippen molar-refractivity contribution in [3.8, 4) is 0 Å². The summed E-state index contributed by atoms with van der Waals surface area (Å²) in [7, 11) is 0. The monoisotopic (exact) mass is 283 g/mol. The second-order valence-electron chi connectivity index (χ2n) is 5.52. The Hall–Kier alpha value is -1.80. The van der Waals surface area contributed by atoms with Crippen LogP contribution in [0.5, 0.6) is 0 Å². The zero-order valence-electron chi connectivity index (χ0n) is 12.8. The van der Waals surface area contributed by atoms with Gasteiger partial charge in [0, 0.05) is 11.4 Å². The van der Waals surface area contributed by atoms with E-state index in [1.807, 2.05) is 18.2 Å². The first kappa shape index (κ1) is 15.6. The molecule has 1 unspecified atom stereocenters. The molecule has 0 amide bonds. The summed E-state index contributed by atoms with van der Waals surface area (Å²) in [5.74, 6) is 0. The quantitative estimate of drug-likeness (QED) is 0.721. The van der Waals surface area contributed by atoms with Gasteiger partial charge in [0.2, 0.25) is 0 Å². The Balaban J connectivity index is 1.79. The van der Waals surface area contributed by atoms with Crippen molar-refractivity contribution in [1.29, 1.82) is 0 Å². The lowest BCUT2D eigenvalue weighted by Crippen LogP contribution is -2.05.